The van der Waals surface area contributed by atoms with E-state index in [2.05, 4.69) is 32.6 Å². The van der Waals surface area contributed by atoms with Gasteiger partial charge in [0.05, 0.1) is 5.69 Å². The normalized spacial score (nSPS) is 14.0. The lowest BCUT2D eigenvalue weighted by molar-refractivity contribution is 0.562. The van der Waals surface area contributed by atoms with Crippen molar-refractivity contribution in [3.8, 4) is 0 Å². The smallest absolute Gasteiger partial charge is 0.146 e. The van der Waals surface area contributed by atoms with Gasteiger partial charge in [0.1, 0.15) is 5.82 Å². The standard InChI is InChI=1S/C18H31FN2/c1-5-8-11-21(14(4)6-2)18-10-9-15(13-17(18)19)12-16(20)7-3/h9-10,13-14,16H,5-8,11-12,20H2,1-4H3. The van der Waals surface area contributed by atoms with Crippen LogP contribution in [0.15, 0.2) is 18.2 Å². The lowest BCUT2D eigenvalue weighted by atomic mass is 10.0. The molecule has 0 heterocycles. The molecule has 1 rings (SSSR count). The Morgan fingerprint density at radius 2 is 1.90 bits per heavy atom. The highest BCUT2D eigenvalue weighted by Crippen LogP contribution is 2.24. The number of hydrogen-bond donors (Lipinski definition) is 1. The Morgan fingerprint density at radius 3 is 2.43 bits per heavy atom. The van der Waals surface area contributed by atoms with E-state index in [0.717, 1.165) is 49.9 Å². The number of rotatable bonds is 9. The van der Waals surface area contributed by atoms with Gasteiger partial charge in [0.25, 0.3) is 0 Å². The first-order chi connectivity index (χ1) is 10.0. The zero-order chi connectivity index (χ0) is 15.8. The fourth-order valence-corrected chi connectivity index (χ4v) is 2.48. The predicted molar refractivity (Wildman–Crippen MR) is 90.4 cm³/mol. The number of unbranched alkanes of at least 4 members (excludes halogenated alkanes) is 1. The highest BCUT2D eigenvalue weighted by atomic mass is 19.1. The van der Waals surface area contributed by atoms with Gasteiger partial charge >= 0.3 is 0 Å². The molecular formula is C18H31FN2. The average molecular weight is 294 g/mol. The van der Waals surface area contributed by atoms with E-state index in [4.69, 9.17) is 5.73 Å². The number of anilines is 1. The minimum absolute atomic E-state index is 0.112. The van der Waals surface area contributed by atoms with Crippen LogP contribution in [-0.2, 0) is 6.42 Å². The van der Waals surface area contributed by atoms with Crippen LogP contribution in [0.4, 0.5) is 10.1 Å². The number of halogens is 1. The van der Waals surface area contributed by atoms with Crippen LogP contribution in [-0.4, -0.2) is 18.6 Å². The van der Waals surface area contributed by atoms with Gasteiger partial charge in [-0.3, -0.25) is 0 Å². The summed E-state index contributed by atoms with van der Waals surface area (Å²) in [6.07, 6.45) is 4.89. The van der Waals surface area contributed by atoms with Crippen LogP contribution < -0.4 is 10.6 Å². The summed E-state index contributed by atoms with van der Waals surface area (Å²) in [5.74, 6) is -0.118. The summed E-state index contributed by atoms with van der Waals surface area (Å²) in [4.78, 5) is 2.20. The topological polar surface area (TPSA) is 29.3 Å². The largest absolute Gasteiger partial charge is 0.366 e. The lowest BCUT2D eigenvalue weighted by Crippen LogP contribution is -2.34. The molecule has 0 saturated carbocycles. The van der Waals surface area contributed by atoms with Crippen LogP contribution in [0.25, 0.3) is 0 Å². The maximum atomic E-state index is 14.5. The van der Waals surface area contributed by atoms with Gasteiger partial charge in [-0.25, -0.2) is 4.39 Å². The second-order valence-electron chi connectivity index (χ2n) is 5.96. The van der Waals surface area contributed by atoms with Gasteiger partial charge in [-0.05, 0) is 50.3 Å². The Labute approximate surface area is 129 Å². The maximum absolute atomic E-state index is 14.5. The monoisotopic (exact) mass is 294 g/mol. The fraction of sp³-hybridized carbons (Fsp3) is 0.667. The zero-order valence-electron chi connectivity index (χ0n) is 14.0. The summed E-state index contributed by atoms with van der Waals surface area (Å²) < 4.78 is 14.5. The van der Waals surface area contributed by atoms with E-state index in [0.29, 0.717) is 6.04 Å². The van der Waals surface area contributed by atoms with Crippen molar-refractivity contribution >= 4 is 5.69 Å². The number of benzene rings is 1. The molecule has 0 aliphatic heterocycles. The van der Waals surface area contributed by atoms with Crippen LogP contribution in [0.1, 0.15) is 58.9 Å². The Balaban J connectivity index is 2.93. The first kappa shape index (κ1) is 18.0. The van der Waals surface area contributed by atoms with Crippen LogP contribution in [0, 0.1) is 5.82 Å². The molecular weight excluding hydrogens is 263 g/mol. The van der Waals surface area contributed by atoms with Gasteiger partial charge in [0, 0.05) is 18.6 Å². The Morgan fingerprint density at radius 1 is 1.19 bits per heavy atom. The third kappa shape index (κ3) is 5.31. The van der Waals surface area contributed by atoms with Crippen molar-refractivity contribution in [3.05, 3.63) is 29.6 Å². The minimum atomic E-state index is -0.118. The van der Waals surface area contributed by atoms with E-state index in [1.165, 1.54) is 0 Å². The maximum Gasteiger partial charge on any atom is 0.146 e. The second kappa shape index (κ2) is 9.04. The molecule has 2 atom stereocenters. The summed E-state index contributed by atoms with van der Waals surface area (Å²) in [7, 11) is 0. The van der Waals surface area contributed by atoms with E-state index in [1.807, 2.05) is 12.1 Å². The van der Waals surface area contributed by atoms with Crippen molar-refractivity contribution in [2.24, 2.45) is 5.73 Å². The van der Waals surface area contributed by atoms with Crippen molar-refractivity contribution in [1.82, 2.24) is 0 Å². The molecule has 0 radical (unpaired) electrons. The van der Waals surface area contributed by atoms with E-state index in [-0.39, 0.29) is 11.9 Å². The summed E-state index contributed by atoms with van der Waals surface area (Å²) >= 11 is 0. The Kier molecular flexibility index (Phi) is 7.73. The minimum Gasteiger partial charge on any atom is -0.366 e. The molecule has 2 unspecified atom stereocenters. The molecule has 0 amide bonds. The number of nitrogens with zero attached hydrogens (tertiary/aromatic N) is 1. The highest BCUT2D eigenvalue weighted by Gasteiger charge is 2.17. The molecule has 0 aliphatic rings. The quantitative estimate of drug-likeness (QED) is 0.726. The molecule has 1 aromatic carbocycles. The summed E-state index contributed by atoms with van der Waals surface area (Å²) in [5, 5.41) is 0. The lowest BCUT2D eigenvalue weighted by Gasteiger charge is -2.31. The van der Waals surface area contributed by atoms with Crippen molar-refractivity contribution in [2.45, 2.75) is 71.9 Å². The molecule has 3 heteroatoms. The molecule has 0 fully saturated rings. The fourth-order valence-electron chi connectivity index (χ4n) is 2.48. The SMILES string of the molecule is CCCCN(c1ccc(CC(N)CC)cc1F)C(C)CC. The van der Waals surface area contributed by atoms with E-state index >= 15 is 0 Å². The molecule has 2 nitrogen and oxygen atoms in total. The number of nitrogens with two attached hydrogens (primary N) is 1. The molecule has 0 aliphatic carbocycles. The van der Waals surface area contributed by atoms with Gasteiger partial charge in [0.2, 0.25) is 0 Å². The van der Waals surface area contributed by atoms with Gasteiger partial charge in [-0.2, -0.15) is 0 Å². The third-order valence-electron chi connectivity index (χ3n) is 4.22. The Hall–Kier alpha value is -1.09. The molecule has 21 heavy (non-hydrogen) atoms. The van der Waals surface area contributed by atoms with Crippen molar-refractivity contribution in [3.63, 3.8) is 0 Å². The summed E-state index contributed by atoms with van der Waals surface area (Å²) in [6, 6.07) is 6.08. The molecule has 2 N–H and O–H groups in total. The molecule has 0 saturated heterocycles. The first-order valence-electron chi connectivity index (χ1n) is 8.34. The molecule has 0 spiro atoms. The molecule has 0 aromatic heterocycles. The zero-order valence-corrected chi connectivity index (χ0v) is 14.0. The van der Waals surface area contributed by atoms with Gasteiger partial charge < -0.3 is 10.6 Å². The van der Waals surface area contributed by atoms with Gasteiger partial charge in [0.15, 0.2) is 0 Å². The van der Waals surface area contributed by atoms with E-state index < -0.39 is 0 Å². The van der Waals surface area contributed by atoms with Crippen LogP contribution >= 0.6 is 0 Å². The summed E-state index contributed by atoms with van der Waals surface area (Å²) in [6.45, 7) is 9.45. The van der Waals surface area contributed by atoms with Gasteiger partial charge in [-0.15, -0.1) is 0 Å². The molecule has 1 aromatic rings. The average Bonchev–Trinajstić information content (AvgIpc) is 2.48. The van der Waals surface area contributed by atoms with Crippen LogP contribution in [0.2, 0.25) is 0 Å². The van der Waals surface area contributed by atoms with E-state index in [1.54, 1.807) is 6.07 Å². The van der Waals surface area contributed by atoms with E-state index in [9.17, 15) is 4.39 Å². The molecule has 0 bridgehead atoms. The van der Waals surface area contributed by atoms with Crippen molar-refractivity contribution in [1.29, 1.82) is 0 Å². The predicted octanol–water partition coefficient (Wildman–Crippen LogP) is 4.51. The van der Waals surface area contributed by atoms with Gasteiger partial charge in [-0.1, -0.05) is 33.3 Å². The van der Waals surface area contributed by atoms with Crippen LogP contribution in [0.5, 0.6) is 0 Å². The summed E-state index contributed by atoms with van der Waals surface area (Å²) in [5.41, 5.74) is 7.67. The third-order valence-corrected chi connectivity index (χ3v) is 4.22. The number of hydrogen-bond acceptors (Lipinski definition) is 2. The van der Waals surface area contributed by atoms with Crippen LogP contribution in [0.3, 0.4) is 0 Å². The first-order valence-corrected chi connectivity index (χ1v) is 8.34. The Bertz CT molecular complexity index is 420. The van der Waals surface area contributed by atoms with Crippen molar-refractivity contribution < 1.29 is 4.39 Å². The second-order valence-corrected chi connectivity index (χ2v) is 5.96. The highest BCUT2D eigenvalue weighted by molar-refractivity contribution is 5.50. The van der Waals surface area contributed by atoms with Crippen molar-refractivity contribution in [2.75, 3.05) is 11.4 Å². The molecule has 120 valence electrons.